The van der Waals surface area contributed by atoms with Gasteiger partial charge >= 0.3 is 12.0 Å². The van der Waals surface area contributed by atoms with Gasteiger partial charge in [-0.25, -0.2) is 4.79 Å². The van der Waals surface area contributed by atoms with Crippen molar-refractivity contribution in [3.63, 3.8) is 0 Å². The van der Waals surface area contributed by atoms with E-state index in [0.717, 1.165) is 11.3 Å². The van der Waals surface area contributed by atoms with E-state index in [1.807, 2.05) is 13.8 Å². The van der Waals surface area contributed by atoms with Crippen LogP contribution in [0.4, 0.5) is 10.5 Å². The minimum absolute atomic E-state index is 0.370. The highest BCUT2D eigenvalue weighted by Crippen LogP contribution is 2.24. The third-order valence-corrected chi connectivity index (χ3v) is 4.86. The first-order chi connectivity index (χ1) is 13.5. The van der Waals surface area contributed by atoms with Gasteiger partial charge in [0.1, 0.15) is 12.1 Å². The van der Waals surface area contributed by atoms with Gasteiger partial charge in [0.15, 0.2) is 6.10 Å². The fourth-order valence-corrected chi connectivity index (χ4v) is 3.05. The number of nitrogens with zero attached hydrogens (tertiary/aromatic N) is 1. The molecule has 1 aromatic carbocycles. The van der Waals surface area contributed by atoms with Crippen LogP contribution in [-0.4, -0.2) is 46.9 Å². The number of ether oxygens (including phenoxy) is 1. The quantitative estimate of drug-likeness (QED) is 0.494. The van der Waals surface area contributed by atoms with Crippen LogP contribution in [0.25, 0.3) is 0 Å². The Morgan fingerprint density at radius 1 is 1.28 bits per heavy atom. The van der Waals surface area contributed by atoms with Crippen molar-refractivity contribution < 1.29 is 23.9 Å². The van der Waals surface area contributed by atoms with Gasteiger partial charge in [0.2, 0.25) is 0 Å². The summed E-state index contributed by atoms with van der Waals surface area (Å²) in [5.41, 5.74) is -0.586. The largest absolute Gasteiger partial charge is 0.451 e. The molecule has 1 heterocycles. The zero-order valence-electron chi connectivity index (χ0n) is 17.0. The molecule has 0 spiro atoms. The lowest BCUT2D eigenvalue weighted by atomic mass is 9.92. The van der Waals surface area contributed by atoms with E-state index in [-0.39, 0.29) is 0 Å². The van der Waals surface area contributed by atoms with Crippen LogP contribution in [0.2, 0.25) is 5.02 Å². The fourth-order valence-electron chi connectivity index (χ4n) is 2.86. The van der Waals surface area contributed by atoms with Gasteiger partial charge in [-0.1, -0.05) is 31.5 Å². The SMILES string of the molecule is CC(C)CC[C@@]1(C)NC(=O)N(CC(=O)O[C@@H](C)C(=O)Nc2cccc(Cl)c2)C1=O. The summed E-state index contributed by atoms with van der Waals surface area (Å²) in [6.07, 6.45) is 0.107. The maximum atomic E-state index is 12.6. The normalized spacial score (nSPS) is 19.9. The number of esters is 1. The number of halogens is 1. The van der Waals surface area contributed by atoms with Crippen molar-refractivity contribution in [2.75, 3.05) is 11.9 Å². The Bertz CT molecular complexity index is 813. The molecule has 2 atom stereocenters. The minimum atomic E-state index is -1.12. The van der Waals surface area contributed by atoms with E-state index in [0.29, 0.717) is 23.0 Å². The second-order valence-corrected chi connectivity index (χ2v) is 8.15. The maximum Gasteiger partial charge on any atom is 0.327 e. The Balaban J connectivity index is 1.91. The molecule has 0 unspecified atom stereocenters. The van der Waals surface area contributed by atoms with E-state index in [1.54, 1.807) is 31.2 Å². The highest BCUT2D eigenvalue weighted by molar-refractivity contribution is 6.30. The first-order valence-corrected chi connectivity index (χ1v) is 9.79. The predicted octanol–water partition coefficient (Wildman–Crippen LogP) is 2.96. The van der Waals surface area contributed by atoms with Crippen LogP contribution in [0.5, 0.6) is 0 Å². The average molecular weight is 424 g/mol. The Hall–Kier alpha value is -2.61. The van der Waals surface area contributed by atoms with Crippen molar-refractivity contribution in [2.45, 2.75) is 52.2 Å². The molecule has 158 valence electrons. The molecule has 0 bridgehead atoms. The van der Waals surface area contributed by atoms with E-state index in [4.69, 9.17) is 16.3 Å². The number of imide groups is 1. The Kier molecular flexibility index (Phi) is 7.24. The molecule has 1 aromatic rings. The highest BCUT2D eigenvalue weighted by atomic mass is 35.5. The van der Waals surface area contributed by atoms with E-state index < -0.39 is 42.0 Å². The first kappa shape index (κ1) is 22.7. The molecule has 1 aliphatic heterocycles. The maximum absolute atomic E-state index is 12.6. The van der Waals surface area contributed by atoms with E-state index in [2.05, 4.69) is 10.6 Å². The molecule has 0 aliphatic carbocycles. The fraction of sp³-hybridized carbons (Fsp3) is 0.500. The van der Waals surface area contributed by atoms with Gasteiger partial charge in [0, 0.05) is 10.7 Å². The summed E-state index contributed by atoms with van der Waals surface area (Å²) >= 11 is 5.87. The summed E-state index contributed by atoms with van der Waals surface area (Å²) in [7, 11) is 0. The lowest BCUT2D eigenvalue weighted by Crippen LogP contribution is -2.44. The Labute approximate surface area is 174 Å². The smallest absolute Gasteiger partial charge is 0.327 e. The summed E-state index contributed by atoms with van der Waals surface area (Å²) in [5.74, 6) is -1.51. The summed E-state index contributed by atoms with van der Waals surface area (Å²) < 4.78 is 5.08. The summed E-state index contributed by atoms with van der Waals surface area (Å²) in [5, 5.41) is 5.67. The van der Waals surface area contributed by atoms with Gasteiger partial charge < -0.3 is 15.4 Å². The predicted molar refractivity (Wildman–Crippen MR) is 108 cm³/mol. The zero-order chi connectivity index (χ0) is 21.8. The van der Waals surface area contributed by atoms with Gasteiger partial charge in [-0.05, 0) is 50.8 Å². The Morgan fingerprint density at radius 2 is 1.97 bits per heavy atom. The van der Waals surface area contributed by atoms with Gasteiger partial charge in [-0.2, -0.15) is 0 Å². The standard InChI is InChI=1S/C20H26ClN3O5/c1-12(2)8-9-20(4)18(27)24(19(28)23-20)11-16(25)29-13(3)17(26)22-15-7-5-6-14(21)10-15/h5-7,10,12-13H,8-9,11H2,1-4H3,(H,22,26)(H,23,28)/t13-,20+/m0/s1. The van der Waals surface area contributed by atoms with Crippen molar-refractivity contribution in [3.8, 4) is 0 Å². The number of benzene rings is 1. The third-order valence-electron chi connectivity index (χ3n) is 4.62. The number of rotatable bonds is 8. The third kappa shape index (κ3) is 5.93. The van der Waals surface area contributed by atoms with Crippen LogP contribution in [0.1, 0.15) is 40.5 Å². The molecule has 1 aliphatic rings. The lowest BCUT2D eigenvalue weighted by Gasteiger charge is -2.22. The first-order valence-electron chi connectivity index (χ1n) is 9.42. The molecular formula is C20H26ClN3O5. The van der Waals surface area contributed by atoms with Crippen LogP contribution in [0, 0.1) is 5.92 Å². The summed E-state index contributed by atoms with van der Waals surface area (Å²) in [6.45, 7) is 6.53. The number of hydrogen-bond donors (Lipinski definition) is 2. The number of hydrogen-bond acceptors (Lipinski definition) is 5. The van der Waals surface area contributed by atoms with E-state index >= 15 is 0 Å². The topological polar surface area (TPSA) is 105 Å². The molecular weight excluding hydrogens is 398 g/mol. The van der Waals surface area contributed by atoms with Crippen molar-refractivity contribution >= 4 is 41.1 Å². The second kappa shape index (κ2) is 9.26. The number of carbonyl (C=O) groups is 4. The zero-order valence-corrected chi connectivity index (χ0v) is 17.7. The molecule has 1 fully saturated rings. The summed E-state index contributed by atoms with van der Waals surface area (Å²) in [6, 6.07) is 5.88. The van der Waals surface area contributed by atoms with Gasteiger partial charge in [-0.15, -0.1) is 0 Å². The van der Waals surface area contributed by atoms with Crippen LogP contribution in [0.3, 0.4) is 0 Å². The molecule has 2 rings (SSSR count). The van der Waals surface area contributed by atoms with Gasteiger partial charge in [0.25, 0.3) is 11.8 Å². The second-order valence-electron chi connectivity index (χ2n) is 7.72. The van der Waals surface area contributed by atoms with Crippen LogP contribution < -0.4 is 10.6 Å². The monoisotopic (exact) mass is 423 g/mol. The molecule has 0 aromatic heterocycles. The highest BCUT2D eigenvalue weighted by Gasteiger charge is 2.48. The average Bonchev–Trinajstić information content (AvgIpc) is 2.83. The van der Waals surface area contributed by atoms with Crippen molar-refractivity contribution in [2.24, 2.45) is 5.92 Å². The molecule has 2 N–H and O–H groups in total. The number of amides is 4. The van der Waals surface area contributed by atoms with Crippen molar-refractivity contribution in [1.82, 2.24) is 10.2 Å². The lowest BCUT2D eigenvalue weighted by molar-refractivity contribution is -0.155. The van der Waals surface area contributed by atoms with E-state index in [9.17, 15) is 19.2 Å². The number of carbonyl (C=O) groups excluding carboxylic acids is 4. The van der Waals surface area contributed by atoms with Crippen molar-refractivity contribution in [1.29, 1.82) is 0 Å². The number of nitrogens with one attached hydrogen (secondary N) is 2. The summed E-state index contributed by atoms with van der Waals surface area (Å²) in [4.78, 5) is 50.0. The molecule has 8 nitrogen and oxygen atoms in total. The van der Waals surface area contributed by atoms with E-state index in [1.165, 1.54) is 6.92 Å². The van der Waals surface area contributed by atoms with Crippen LogP contribution >= 0.6 is 11.6 Å². The van der Waals surface area contributed by atoms with Crippen LogP contribution in [-0.2, 0) is 19.1 Å². The van der Waals surface area contributed by atoms with Crippen LogP contribution in [0.15, 0.2) is 24.3 Å². The number of anilines is 1. The molecule has 9 heteroatoms. The van der Waals surface area contributed by atoms with Gasteiger partial charge in [-0.3, -0.25) is 19.3 Å². The van der Waals surface area contributed by atoms with Crippen molar-refractivity contribution in [3.05, 3.63) is 29.3 Å². The molecule has 0 radical (unpaired) electrons. The molecule has 4 amide bonds. The molecule has 29 heavy (non-hydrogen) atoms. The molecule has 1 saturated heterocycles. The Morgan fingerprint density at radius 3 is 2.59 bits per heavy atom. The minimum Gasteiger partial charge on any atom is -0.451 e. The number of urea groups is 1. The molecule has 0 saturated carbocycles. The van der Waals surface area contributed by atoms with Gasteiger partial charge in [0.05, 0.1) is 0 Å².